The Balaban J connectivity index is 1.70. The Hall–Kier alpha value is -2.35. The summed E-state index contributed by atoms with van der Waals surface area (Å²) in [7, 11) is 0. The number of benzene rings is 1. The zero-order valence-corrected chi connectivity index (χ0v) is 14.8. The van der Waals surface area contributed by atoms with Crippen molar-refractivity contribution in [2.45, 2.75) is 10.1 Å². The van der Waals surface area contributed by atoms with Gasteiger partial charge in [0.25, 0.3) is 0 Å². The van der Waals surface area contributed by atoms with E-state index in [1.165, 1.54) is 24.3 Å². The predicted octanol–water partition coefficient (Wildman–Crippen LogP) is 4.33. The topological polar surface area (TPSA) is 77.3 Å². The molecule has 1 aromatic carbocycles. The molecule has 6 nitrogen and oxygen atoms in total. The Morgan fingerprint density at radius 1 is 0.920 bits per heavy atom. The van der Waals surface area contributed by atoms with Crippen LogP contribution in [0, 0.1) is 0 Å². The summed E-state index contributed by atoms with van der Waals surface area (Å²) in [5.41, 5.74) is 2.59. The van der Waals surface area contributed by atoms with Crippen molar-refractivity contribution in [1.29, 1.82) is 0 Å². The zero-order chi connectivity index (χ0) is 17.2. The van der Waals surface area contributed by atoms with Crippen LogP contribution >= 0.6 is 35.0 Å². The number of fused-ring (bicyclic) bond motifs is 1. The average Bonchev–Trinajstić information content (AvgIpc) is 2.64. The maximum atomic E-state index is 6.55. The van der Waals surface area contributed by atoms with Crippen LogP contribution in [0.25, 0.3) is 22.4 Å². The number of aromatic nitrogens is 6. The molecular formula is C16H8Cl2N6S. The second-order valence-electron chi connectivity index (χ2n) is 4.87. The predicted molar refractivity (Wildman–Crippen MR) is 96.7 cm³/mol. The molecule has 0 bridgehead atoms. The van der Waals surface area contributed by atoms with E-state index >= 15 is 0 Å². The monoisotopic (exact) mass is 386 g/mol. The average molecular weight is 387 g/mol. The minimum absolute atomic E-state index is 0.303. The fourth-order valence-corrected chi connectivity index (χ4v) is 3.43. The van der Waals surface area contributed by atoms with Crippen LogP contribution in [0.15, 0.2) is 59.2 Å². The van der Waals surface area contributed by atoms with Gasteiger partial charge in [-0.25, -0.2) is 29.9 Å². The summed E-state index contributed by atoms with van der Waals surface area (Å²) in [4.78, 5) is 26.0. The largest absolute Gasteiger partial charge is 0.245 e. The molecule has 0 saturated heterocycles. The molecule has 0 unspecified atom stereocenters. The SMILES string of the molecule is Clc1cnc2nc(Sc3cccc(-c4ccncn4)c3Cl)ncc2n1. The molecule has 0 amide bonds. The molecule has 0 radical (unpaired) electrons. The van der Waals surface area contributed by atoms with Gasteiger partial charge in [0.1, 0.15) is 17.0 Å². The lowest BCUT2D eigenvalue weighted by Crippen LogP contribution is -1.93. The Kier molecular flexibility index (Phi) is 4.44. The van der Waals surface area contributed by atoms with Crippen LogP contribution in [0.2, 0.25) is 10.2 Å². The summed E-state index contributed by atoms with van der Waals surface area (Å²) >= 11 is 13.7. The zero-order valence-electron chi connectivity index (χ0n) is 12.5. The number of rotatable bonds is 3. The summed E-state index contributed by atoms with van der Waals surface area (Å²) in [5, 5.41) is 1.40. The maximum absolute atomic E-state index is 6.55. The third-order valence-electron chi connectivity index (χ3n) is 3.27. The molecular weight excluding hydrogens is 379 g/mol. The van der Waals surface area contributed by atoms with E-state index in [9.17, 15) is 0 Å². The lowest BCUT2D eigenvalue weighted by Gasteiger charge is -2.08. The van der Waals surface area contributed by atoms with Gasteiger partial charge in [-0.15, -0.1) is 0 Å². The Labute approximate surface area is 156 Å². The minimum atomic E-state index is 0.303. The summed E-state index contributed by atoms with van der Waals surface area (Å²) in [5.74, 6) is 0. The van der Waals surface area contributed by atoms with Crippen LogP contribution < -0.4 is 0 Å². The van der Waals surface area contributed by atoms with Crippen molar-refractivity contribution in [2.75, 3.05) is 0 Å². The number of halogens is 2. The lowest BCUT2D eigenvalue weighted by atomic mass is 10.1. The number of hydrogen-bond acceptors (Lipinski definition) is 7. The van der Waals surface area contributed by atoms with Crippen molar-refractivity contribution in [2.24, 2.45) is 0 Å². The van der Waals surface area contributed by atoms with Gasteiger partial charge in [-0.1, -0.05) is 35.3 Å². The van der Waals surface area contributed by atoms with E-state index in [4.69, 9.17) is 23.2 Å². The van der Waals surface area contributed by atoms with Crippen LogP contribution in [-0.2, 0) is 0 Å². The highest BCUT2D eigenvalue weighted by Crippen LogP contribution is 2.37. The first-order valence-corrected chi connectivity index (χ1v) is 8.66. The fraction of sp³-hybridized carbons (Fsp3) is 0. The van der Waals surface area contributed by atoms with E-state index in [0.29, 0.717) is 26.5 Å². The van der Waals surface area contributed by atoms with Crippen molar-refractivity contribution in [3.05, 3.63) is 59.4 Å². The van der Waals surface area contributed by atoms with E-state index < -0.39 is 0 Å². The van der Waals surface area contributed by atoms with Gasteiger partial charge in [0.2, 0.25) is 0 Å². The van der Waals surface area contributed by atoms with Crippen molar-refractivity contribution in [1.82, 2.24) is 29.9 Å². The normalized spacial score (nSPS) is 11.0. The molecule has 0 aliphatic rings. The molecule has 0 aliphatic heterocycles. The minimum Gasteiger partial charge on any atom is -0.245 e. The molecule has 0 saturated carbocycles. The Morgan fingerprint density at radius 2 is 1.84 bits per heavy atom. The molecule has 0 N–H and O–H groups in total. The summed E-state index contributed by atoms with van der Waals surface area (Å²) in [6.07, 6.45) is 6.20. The van der Waals surface area contributed by atoms with Gasteiger partial charge in [-0.05, 0) is 23.9 Å². The molecule has 4 aromatic rings. The molecule has 4 rings (SSSR count). The highest BCUT2D eigenvalue weighted by molar-refractivity contribution is 7.99. The first-order valence-electron chi connectivity index (χ1n) is 7.09. The summed E-state index contributed by atoms with van der Waals surface area (Å²) in [6.45, 7) is 0. The third kappa shape index (κ3) is 3.39. The highest BCUT2D eigenvalue weighted by Gasteiger charge is 2.12. The smallest absolute Gasteiger partial charge is 0.194 e. The number of hydrogen-bond donors (Lipinski definition) is 0. The van der Waals surface area contributed by atoms with Crippen molar-refractivity contribution < 1.29 is 0 Å². The third-order valence-corrected chi connectivity index (χ3v) is 4.91. The molecule has 0 aliphatic carbocycles. The summed E-state index contributed by atoms with van der Waals surface area (Å²) < 4.78 is 0. The summed E-state index contributed by atoms with van der Waals surface area (Å²) in [6, 6.07) is 7.52. The Morgan fingerprint density at radius 3 is 2.68 bits per heavy atom. The standard InChI is InChI=1S/C16H8Cl2N6S/c17-13-7-20-15-11(23-13)6-21-16(24-15)25-12-3-1-2-9(14(12)18)10-4-5-19-8-22-10/h1-8H. The van der Waals surface area contributed by atoms with Crippen LogP contribution in [0.1, 0.15) is 0 Å². The quantitative estimate of drug-likeness (QED) is 0.484. The van der Waals surface area contributed by atoms with E-state index in [2.05, 4.69) is 29.9 Å². The fourth-order valence-electron chi connectivity index (χ4n) is 2.17. The van der Waals surface area contributed by atoms with Gasteiger partial charge in [0, 0.05) is 16.7 Å². The van der Waals surface area contributed by atoms with E-state index in [1.807, 2.05) is 24.3 Å². The molecule has 0 spiro atoms. The molecule has 0 fully saturated rings. The van der Waals surface area contributed by atoms with E-state index in [1.54, 1.807) is 12.4 Å². The van der Waals surface area contributed by atoms with Gasteiger partial charge in [0.05, 0.1) is 23.1 Å². The van der Waals surface area contributed by atoms with Gasteiger partial charge in [-0.2, -0.15) is 0 Å². The van der Waals surface area contributed by atoms with E-state index in [-0.39, 0.29) is 0 Å². The van der Waals surface area contributed by atoms with E-state index in [0.717, 1.165) is 16.2 Å². The van der Waals surface area contributed by atoms with Gasteiger partial charge in [0.15, 0.2) is 10.8 Å². The molecule has 9 heteroatoms. The molecule has 122 valence electrons. The Bertz CT molecular complexity index is 1060. The number of nitrogens with zero attached hydrogens (tertiary/aromatic N) is 6. The van der Waals surface area contributed by atoms with Crippen LogP contribution in [0.5, 0.6) is 0 Å². The first-order chi connectivity index (χ1) is 12.2. The maximum Gasteiger partial charge on any atom is 0.194 e. The molecule has 3 aromatic heterocycles. The molecule has 0 atom stereocenters. The van der Waals surface area contributed by atoms with Crippen LogP contribution in [0.3, 0.4) is 0 Å². The van der Waals surface area contributed by atoms with Crippen molar-refractivity contribution in [3.8, 4) is 11.3 Å². The van der Waals surface area contributed by atoms with Crippen LogP contribution in [-0.4, -0.2) is 29.9 Å². The molecule has 25 heavy (non-hydrogen) atoms. The highest BCUT2D eigenvalue weighted by atomic mass is 35.5. The second-order valence-corrected chi connectivity index (χ2v) is 6.64. The van der Waals surface area contributed by atoms with Gasteiger partial charge >= 0.3 is 0 Å². The second kappa shape index (κ2) is 6.87. The van der Waals surface area contributed by atoms with Crippen molar-refractivity contribution in [3.63, 3.8) is 0 Å². The first kappa shape index (κ1) is 16.1. The van der Waals surface area contributed by atoms with Crippen LogP contribution in [0.4, 0.5) is 0 Å². The van der Waals surface area contributed by atoms with Gasteiger partial charge < -0.3 is 0 Å². The van der Waals surface area contributed by atoms with Crippen molar-refractivity contribution >= 4 is 46.1 Å². The van der Waals surface area contributed by atoms with Gasteiger partial charge in [-0.3, -0.25) is 0 Å². The lowest BCUT2D eigenvalue weighted by molar-refractivity contribution is 0.979. The molecule has 3 heterocycles.